The molecule has 2 atom stereocenters. The van der Waals surface area contributed by atoms with E-state index in [9.17, 15) is 0 Å². The van der Waals surface area contributed by atoms with Gasteiger partial charge < -0.3 is 39.6 Å². The minimum Gasteiger partial charge on any atom is -0.393 e. The van der Waals surface area contributed by atoms with Crippen LogP contribution >= 0.6 is 0 Å². The van der Waals surface area contributed by atoms with Crippen LogP contribution in [0.3, 0.4) is 0 Å². The lowest BCUT2D eigenvalue weighted by molar-refractivity contribution is 0.0846. The zero-order chi connectivity index (χ0) is 60.9. The largest absolute Gasteiger partial charge is 0.393 e. The van der Waals surface area contributed by atoms with Crippen molar-refractivity contribution in [2.24, 2.45) is 17.8 Å². The maximum atomic E-state index is 9.04. The molecule has 5 fully saturated rings. The summed E-state index contributed by atoms with van der Waals surface area (Å²) in [6.45, 7) is 32.0. The van der Waals surface area contributed by atoms with E-state index >= 15 is 0 Å². The molecule has 0 amide bonds. The van der Waals surface area contributed by atoms with Crippen molar-refractivity contribution < 1.29 is 10.2 Å². The molecular formula is C77H126N6O2. The Labute approximate surface area is 522 Å². The van der Waals surface area contributed by atoms with E-state index in [4.69, 9.17) is 10.2 Å². The first-order chi connectivity index (χ1) is 41.1. The summed E-state index contributed by atoms with van der Waals surface area (Å²) in [5, 5.41) is 18.0. The fraction of sp³-hybridized carbons (Fsp3) is 0.662. The lowest BCUT2D eigenvalue weighted by Crippen LogP contribution is -2.35. The van der Waals surface area contributed by atoms with Crippen LogP contribution in [0.1, 0.15) is 185 Å². The number of aliphatic hydroxyl groups is 2. The van der Waals surface area contributed by atoms with E-state index in [1.54, 1.807) is 0 Å². The van der Waals surface area contributed by atoms with Crippen molar-refractivity contribution in [2.75, 3.05) is 119 Å². The highest BCUT2D eigenvalue weighted by atomic mass is 16.3. The van der Waals surface area contributed by atoms with Crippen LogP contribution in [0.25, 0.3) is 5.57 Å². The molecule has 2 unspecified atom stereocenters. The molecule has 8 heteroatoms. The van der Waals surface area contributed by atoms with Gasteiger partial charge in [0.15, 0.2) is 0 Å². The average Bonchev–Trinajstić information content (AvgIpc) is 3.63. The van der Waals surface area contributed by atoms with E-state index in [0.29, 0.717) is 0 Å². The second-order valence-electron chi connectivity index (χ2n) is 27.7. The molecule has 2 N–H and O–H groups in total. The Balaban J connectivity index is 0.000000192. The second-order valence-corrected chi connectivity index (χ2v) is 27.7. The molecule has 0 aliphatic carbocycles. The molecule has 0 aromatic heterocycles. The van der Waals surface area contributed by atoms with Crippen molar-refractivity contribution in [3.05, 3.63) is 149 Å². The molecule has 5 saturated heterocycles. The maximum Gasteiger partial charge on any atom is 0.0667 e. The first kappa shape index (κ1) is 72.0. The van der Waals surface area contributed by atoms with E-state index in [1.165, 1.54) is 208 Å². The zero-order valence-electron chi connectivity index (χ0n) is 56.0. The number of likely N-dealkylation sites (tertiary alicyclic amines) is 5. The zero-order valence-corrected chi connectivity index (χ0v) is 56.0. The SMILES string of the molecule is CC(Cc1ccc(C(C)(C)C)cc1)CN1CCCCC1.CCCCCCN1CCC(Cc2ccccc2)CC1.CCCCN1CCC(Cc2ccccc2)CC1.CN1CC=C(c2ccccc2)CC1.CN1CCC(O)CC1.CN1CCCC(O)C1. The van der Waals surface area contributed by atoms with Crippen molar-refractivity contribution >= 4 is 5.57 Å². The van der Waals surface area contributed by atoms with Crippen LogP contribution in [0.15, 0.2) is 121 Å². The Morgan fingerprint density at radius 3 is 1.46 bits per heavy atom. The molecule has 6 aliphatic heterocycles. The van der Waals surface area contributed by atoms with Gasteiger partial charge >= 0.3 is 0 Å². The number of aliphatic hydroxyl groups excluding tert-OH is 2. The Morgan fingerprint density at radius 1 is 0.471 bits per heavy atom. The second kappa shape index (κ2) is 42.3. The molecule has 0 spiro atoms. The predicted octanol–water partition coefficient (Wildman–Crippen LogP) is 15.5. The van der Waals surface area contributed by atoms with Crippen molar-refractivity contribution in [1.29, 1.82) is 0 Å². The monoisotopic (exact) mass is 1170 g/mol. The minimum atomic E-state index is -0.0613. The lowest BCUT2D eigenvalue weighted by Gasteiger charge is -2.32. The summed E-state index contributed by atoms with van der Waals surface area (Å²) >= 11 is 0. The van der Waals surface area contributed by atoms with Gasteiger partial charge in [0.1, 0.15) is 0 Å². The van der Waals surface area contributed by atoms with Gasteiger partial charge in [-0.25, -0.2) is 0 Å². The molecule has 4 aromatic carbocycles. The van der Waals surface area contributed by atoms with Gasteiger partial charge in [0.25, 0.3) is 0 Å². The summed E-state index contributed by atoms with van der Waals surface area (Å²) in [6, 6.07) is 41.9. The standard InChI is InChI=1S/C19H31N.C18H29N.C16H25N.C12H15N.2C6H13NO/c1-16(15-20-12-6-5-7-13-20)14-17-8-10-18(11-9-17)19(2,3)4;1-2-3-4-8-13-19-14-11-18(12-15-19)16-17-9-6-5-7-10-17;1-2-3-11-17-12-9-16(10-13-17)14-15-7-5-4-6-8-15;1-13-9-7-12(8-10-13)11-5-3-2-4-6-11;1-7-4-2-6(8)3-5-7;1-7-4-2-3-6(8)5-7/h8-11,16H,5-7,12-15H2,1-4H3;5-7,9-10,18H,2-4,8,11-16H2,1H3;4-8,16H,2-3,9-14H2,1H3;2-7H,8-10H2,1H3;2*6,8H,2-5H2,1H3. The number of hydrogen-bond donors (Lipinski definition) is 2. The van der Waals surface area contributed by atoms with E-state index in [1.807, 2.05) is 7.05 Å². The van der Waals surface area contributed by atoms with Gasteiger partial charge in [-0.1, -0.05) is 195 Å². The molecule has 0 bridgehead atoms. The quantitative estimate of drug-likeness (QED) is 0.101. The Morgan fingerprint density at radius 2 is 1.00 bits per heavy atom. The van der Waals surface area contributed by atoms with Crippen molar-refractivity contribution in [3.63, 3.8) is 0 Å². The molecule has 85 heavy (non-hydrogen) atoms. The third kappa shape index (κ3) is 31.9. The van der Waals surface area contributed by atoms with Gasteiger partial charge in [0.2, 0.25) is 0 Å². The number of likely N-dealkylation sites (N-methyl/N-ethyl adjacent to an activating group) is 2. The van der Waals surface area contributed by atoms with Gasteiger partial charge in [-0.15, -0.1) is 0 Å². The highest BCUT2D eigenvalue weighted by Crippen LogP contribution is 2.26. The van der Waals surface area contributed by atoms with Crippen LogP contribution in [0, 0.1) is 17.8 Å². The van der Waals surface area contributed by atoms with Crippen LogP contribution in [0.4, 0.5) is 0 Å². The van der Waals surface area contributed by atoms with Crippen molar-refractivity contribution in [1.82, 2.24) is 29.4 Å². The van der Waals surface area contributed by atoms with Gasteiger partial charge in [0.05, 0.1) is 12.2 Å². The summed E-state index contributed by atoms with van der Waals surface area (Å²) in [4.78, 5) is 14.7. The van der Waals surface area contributed by atoms with Gasteiger partial charge in [-0.05, 0) is 239 Å². The summed E-state index contributed by atoms with van der Waals surface area (Å²) in [5.41, 5.74) is 9.10. The Kier molecular flexibility index (Phi) is 35.8. The van der Waals surface area contributed by atoms with Crippen LogP contribution < -0.4 is 0 Å². The number of nitrogens with zero attached hydrogens (tertiary/aromatic N) is 6. The van der Waals surface area contributed by atoms with Gasteiger partial charge in [0, 0.05) is 39.3 Å². The highest BCUT2D eigenvalue weighted by molar-refractivity contribution is 5.66. The highest BCUT2D eigenvalue weighted by Gasteiger charge is 2.21. The van der Waals surface area contributed by atoms with Crippen LogP contribution in [0.2, 0.25) is 0 Å². The van der Waals surface area contributed by atoms with E-state index in [2.05, 4.69) is 206 Å². The average molecular weight is 1170 g/mol. The number of benzene rings is 4. The summed E-state index contributed by atoms with van der Waals surface area (Å²) in [5.74, 6) is 2.58. The van der Waals surface area contributed by atoms with Crippen LogP contribution in [-0.2, 0) is 24.7 Å². The first-order valence-electron chi connectivity index (χ1n) is 34.7. The Bertz CT molecular complexity index is 2220. The predicted molar refractivity (Wildman–Crippen MR) is 368 cm³/mol. The lowest BCUT2D eigenvalue weighted by atomic mass is 9.86. The number of unbranched alkanes of at least 4 members (excludes halogenated alkanes) is 4. The molecule has 0 radical (unpaired) electrons. The molecule has 6 heterocycles. The molecule has 8 nitrogen and oxygen atoms in total. The molecule has 0 saturated carbocycles. The van der Waals surface area contributed by atoms with E-state index in [-0.39, 0.29) is 17.6 Å². The molecule has 4 aromatic rings. The normalized spacial score (nSPS) is 20.5. The maximum absolute atomic E-state index is 9.04. The van der Waals surface area contributed by atoms with Gasteiger partial charge in [-0.3, -0.25) is 0 Å². The first-order valence-corrected chi connectivity index (χ1v) is 34.7. The Hall–Kier alpha value is -3.70. The fourth-order valence-corrected chi connectivity index (χ4v) is 12.9. The van der Waals surface area contributed by atoms with Crippen LogP contribution in [0.5, 0.6) is 0 Å². The molecule has 476 valence electrons. The van der Waals surface area contributed by atoms with Gasteiger partial charge in [-0.2, -0.15) is 0 Å². The summed E-state index contributed by atoms with van der Waals surface area (Å²) < 4.78 is 0. The molecule has 10 rings (SSSR count). The summed E-state index contributed by atoms with van der Waals surface area (Å²) in [6.07, 6.45) is 29.3. The van der Waals surface area contributed by atoms with Crippen molar-refractivity contribution in [2.45, 2.75) is 194 Å². The molecular weight excluding hydrogens is 1040 g/mol. The fourth-order valence-electron chi connectivity index (χ4n) is 12.9. The minimum absolute atomic E-state index is 0.0220. The van der Waals surface area contributed by atoms with E-state index in [0.717, 1.165) is 76.2 Å². The van der Waals surface area contributed by atoms with Crippen LogP contribution in [-0.4, -0.2) is 171 Å². The third-order valence-electron chi connectivity index (χ3n) is 18.6. The third-order valence-corrected chi connectivity index (χ3v) is 18.6. The number of piperidine rings is 5. The number of β-amino-alcohol motifs (C(OH)–C–C–N with tert-alkyl or cyclic N) is 1. The molecule has 6 aliphatic rings. The number of rotatable bonds is 17. The topological polar surface area (TPSA) is 59.9 Å². The smallest absolute Gasteiger partial charge is 0.0667 e. The van der Waals surface area contributed by atoms with Crippen molar-refractivity contribution in [3.8, 4) is 0 Å². The number of hydrogen-bond acceptors (Lipinski definition) is 8. The van der Waals surface area contributed by atoms with E-state index < -0.39 is 0 Å². The summed E-state index contributed by atoms with van der Waals surface area (Å²) in [7, 11) is 6.30.